The monoisotopic (exact) mass is 285 g/mol. The first kappa shape index (κ1) is 13.5. The Labute approximate surface area is 106 Å². The largest absolute Gasteiger partial charge is 0.507 e. The summed E-state index contributed by atoms with van der Waals surface area (Å²) in [5.41, 5.74) is 1.19. The van der Waals surface area contributed by atoms with Crippen LogP contribution in [-0.2, 0) is 6.54 Å². The maximum absolute atomic E-state index is 9.35. The predicted molar refractivity (Wildman–Crippen MR) is 71.7 cm³/mol. The standard InChI is InChI=1S/C13H20BrNO/c1-2-3-4-5-8-15-10-11-6-7-13(16)12(14)9-11/h6-7,9,15-16H,2-5,8,10H2,1H3. The molecule has 0 amide bonds. The van der Waals surface area contributed by atoms with E-state index in [1.165, 1.54) is 31.2 Å². The van der Waals surface area contributed by atoms with Gasteiger partial charge in [0.05, 0.1) is 4.47 Å². The second kappa shape index (κ2) is 7.69. The Balaban J connectivity index is 2.19. The molecule has 0 aliphatic heterocycles. The highest BCUT2D eigenvalue weighted by molar-refractivity contribution is 9.10. The van der Waals surface area contributed by atoms with E-state index >= 15 is 0 Å². The molecule has 90 valence electrons. The van der Waals surface area contributed by atoms with Crippen LogP contribution in [0.3, 0.4) is 0 Å². The van der Waals surface area contributed by atoms with E-state index in [4.69, 9.17) is 0 Å². The second-order valence-electron chi connectivity index (χ2n) is 4.02. The summed E-state index contributed by atoms with van der Waals surface area (Å²) in [7, 11) is 0. The number of benzene rings is 1. The quantitative estimate of drug-likeness (QED) is 0.747. The van der Waals surface area contributed by atoms with Crippen LogP contribution in [0.5, 0.6) is 5.75 Å². The molecule has 0 radical (unpaired) electrons. The molecule has 2 nitrogen and oxygen atoms in total. The Hall–Kier alpha value is -0.540. The molecular weight excluding hydrogens is 266 g/mol. The molecule has 0 unspecified atom stereocenters. The molecule has 0 fully saturated rings. The van der Waals surface area contributed by atoms with Gasteiger partial charge < -0.3 is 10.4 Å². The summed E-state index contributed by atoms with van der Waals surface area (Å²) in [5, 5.41) is 12.7. The summed E-state index contributed by atoms with van der Waals surface area (Å²) in [6.07, 6.45) is 5.16. The molecule has 0 aliphatic carbocycles. The minimum absolute atomic E-state index is 0.298. The maximum atomic E-state index is 9.35. The molecule has 1 rings (SSSR count). The number of phenols is 1. The van der Waals surface area contributed by atoms with E-state index < -0.39 is 0 Å². The van der Waals surface area contributed by atoms with Gasteiger partial charge in [-0.15, -0.1) is 0 Å². The van der Waals surface area contributed by atoms with Crippen LogP contribution < -0.4 is 5.32 Å². The molecule has 3 heteroatoms. The second-order valence-corrected chi connectivity index (χ2v) is 4.88. The molecule has 0 aromatic heterocycles. The first-order valence-electron chi connectivity index (χ1n) is 5.92. The lowest BCUT2D eigenvalue weighted by molar-refractivity contribution is 0.471. The van der Waals surface area contributed by atoms with Crippen LogP contribution in [0.2, 0.25) is 0 Å². The van der Waals surface area contributed by atoms with Crippen molar-refractivity contribution in [1.82, 2.24) is 5.32 Å². The topological polar surface area (TPSA) is 32.3 Å². The lowest BCUT2D eigenvalue weighted by Gasteiger charge is -2.06. The Morgan fingerprint density at radius 3 is 2.75 bits per heavy atom. The summed E-state index contributed by atoms with van der Waals surface area (Å²) in [6, 6.07) is 5.62. The zero-order valence-electron chi connectivity index (χ0n) is 9.80. The van der Waals surface area contributed by atoms with E-state index in [9.17, 15) is 5.11 Å². The van der Waals surface area contributed by atoms with Crippen LogP contribution in [0.25, 0.3) is 0 Å². The number of phenolic OH excluding ortho intramolecular Hbond substituents is 1. The molecule has 16 heavy (non-hydrogen) atoms. The predicted octanol–water partition coefficient (Wildman–Crippen LogP) is 3.82. The highest BCUT2D eigenvalue weighted by Crippen LogP contribution is 2.24. The third-order valence-electron chi connectivity index (χ3n) is 2.55. The van der Waals surface area contributed by atoms with Gasteiger partial charge in [-0.05, 0) is 46.6 Å². The Bertz CT molecular complexity index is 315. The number of hydrogen-bond acceptors (Lipinski definition) is 2. The average molecular weight is 286 g/mol. The van der Waals surface area contributed by atoms with Crippen LogP contribution in [0.15, 0.2) is 22.7 Å². The fourth-order valence-corrected chi connectivity index (χ4v) is 2.00. The lowest BCUT2D eigenvalue weighted by atomic mass is 10.2. The first-order chi connectivity index (χ1) is 7.74. The molecule has 0 aliphatic rings. The van der Waals surface area contributed by atoms with Crippen molar-refractivity contribution in [2.45, 2.75) is 39.2 Å². The molecule has 1 aromatic carbocycles. The molecule has 2 N–H and O–H groups in total. The van der Waals surface area contributed by atoms with Crippen molar-refractivity contribution in [2.75, 3.05) is 6.54 Å². The minimum atomic E-state index is 0.298. The number of rotatable bonds is 7. The molecule has 0 bridgehead atoms. The SMILES string of the molecule is CCCCCCNCc1ccc(O)c(Br)c1. The van der Waals surface area contributed by atoms with E-state index in [1.807, 2.05) is 12.1 Å². The van der Waals surface area contributed by atoms with E-state index in [2.05, 4.69) is 28.2 Å². The van der Waals surface area contributed by atoms with Crippen molar-refractivity contribution >= 4 is 15.9 Å². The highest BCUT2D eigenvalue weighted by Gasteiger charge is 1.98. The van der Waals surface area contributed by atoms with Gasteiger partial charge in [-0.25, -0.2) is 0 Å². The van der Waals surface area contributed by atoms with E-state index in [0.717, 1.165) is 17.6 Å². The lowest BCUT2D eigenvalue weighted by Crippen LogP contribution is -2.14. The molecule has 0 spiro atoms. The van der Waals surface area contributed by atoms with Crippen molar-refractivity contribution < 1.29 is 5.11 Å². The average Bonchev–Trinajstić information content (AvgIpc) is 2.28. The van der Waals surface area contributed by atoms with Gasteiger partial charge in [-0.2, -0.15) is 0 Å². The normalized spacial score (nSPS) is 10.6. The van der Waals surface area contributed by atoms with E-state index in [1.54, 1.807) is 6.07 Å². The van der Waals surface area contributed by atoms with Crippen molar-refractivity contribution in [1.29, 1.82) is 0 Å². The third kappa shape index (κ3) is 4.99. The molecule has 0 atom stereocenters. The van der Waals surface area contributed by atoms with Gasteiger partial charge in [-0.3, -0.25) is 0 Å². The van der Waals surface area contributed by atoms with Gasteiger partial charge in [0.1, 0.15) is 5.75 Å². The number of nitrogens with one attached hydrogen (secondary N) is 1. The van der Waals surface area contributed by atoms with Crippen molar-refractivity contribution in [2.24, 2.45) is 0 Å². The first-order valence-corrected chi connectivity index (χ1v) is 6.71. The Kier molecular flexibility index (Phi) is 6.50. The van der Waals surface area contributed by atoms with Gasteiger partial charge in [0.2, 0.25) is 0 Å². The molecule has 0 saturated heterocycles. The molecular formula is C13H20BrNO. The fraction of sp³-hybridized carbons (Fsp3) is 0.538. The fourth-order valence-electron chi connectivity index (χ4n) is 1.57. The maximum Gasteiger partial charge on any atom is 0.129 e. The Morgan fingerprint density at radius 2 is 2.06 bits per heavy atom. The number of unbranched alkanes of at least 4 members (excludes halogenated alkanes) is 3. The van der Waals surface area contributed by atoms with Crippen molar-refractivity contribution in [3.63, 3.8) is 0 Å². The minimum Gasteiger partial charge on any atom is -0.507 e. The summed E-state index contributed by atoms with van der Waals surface area (Å²) in [6.45, 7) is 4.16. The van der Waals surface area contributed by atoms with Gasteiger partial charge >= 0.3 is 0 Å². The number of hydrogen-bond donors (Lipinski definition) is 2. The smallest absolute Gasteiger partial charge is 0.129 e. The van der Waals surface area contributed by atoms with Crippen LogP contribution in [0.1, 0.15) is 38.2 Å². The number of aromatic hydroxyl groups is 1. The molecule has 0 heterocycles. The number of halogens is 1. The van der Waals surface area contributed by atoms with Gasteiger partial charge in [0.25, 0.3) is 0 Å². The summed E-state index contributed by atoms with van der Waals surface area (Å²) >= 11 is 3.31. The van der Waals surface area contributed by atoms with E-state index in [-0.39, 0.29) is 0 Å². The summed E-state index contributed by atoms with van der Waals surface area (Å²) < 4.78 is 0.762. The van der Waals surface area contributed by atoms with Crippen molar-refractivity contribution in [3.05, 3.63) is 28.2 Å². The van der Waals surface area contributed by atoms with Crippen molar-refractivity contribution in [3.8, 4) is 5.75 Å². The zero-order chi connectivity index (χ0) is 11.8. The summed E-state index contributed by atoms with van der Waals surface area (Å²) in [5.74, 6) is 0.298. The van der Waals surface area contributed by atoms with Crippen LogP contribution in [0, 0.1) is 0 Å². The zero-order valence-corrected chi connectivity index (χ0v) is 11.4. The summed E-state index contributed by atoms with van der Waals surface area (Å²) in [4.78, 5) is 0. The van der Waals surface area contributed by atoms with Gasteiger partial charge in [0, 0.05) is 6.54 Å². The van der Waals surface area contributed by atoms with E-state index in [0.29, 0.717) is 5.75 Å². The molecule has 0 saturated carbocycles. The molecule has 1 aromatic rings. The third-order valence-corrected chi connectivity index (χ3v) is 3.18. The van der Waals surface area contributed by atoms with Crippen LogP contribution >= 0.6 is 15.9 Å². The van der Waals surface area contributed by atoms with Crippen LogP contribution in [0.4, 0.5) is 0 Å². The van der Waals surface area contributed by atoms with Gasteiger partial charge in [0.15, 0.2) is 0 Å². The highest BCUT2D eigenvalue weighted by atomic mass is 79.9. The van der Waals surface area contributed by atoms with Gasteiger partial charge in [-0.1, -0.05) is 32.3 Å². The van der Waals surface area contributed by atoms with Crippen LogP contribution in [-0.4, -0.2) is 11.7 Å². The Morgan fingerprint density at radius 1 is 1.25 bits per heavy atom.